The van der Waals surface area contributed by atoms with Gasteiger partial charge in [-0.2, -0.15) is 0 Å². The summed E-state index contributed by atoms with van der Waals surface area (Å²) in [7, 11) is 0. The molecule has 0 rings (SSSR count). The molecule has 0 N–H and O–H groups in total. The number of esters is 2. The van der Waals surface area contributed by atoms with Gasteiger partial charge in [0.25, 0.3) is 0 Å². The van der Waals surface area contributed by atoms with E-state index in [1.807, 2.05) is 13.8 Å². The first kappa shape index (κ1) is 15.9. The van der Waals surface area contributed by atoms with Crippen molar-refractivity contribution in [2.45, 2.75) is 13.8 Å². The second-order valence-corrected chi connectivity index (χ2v) is 3.10. The van der Waals surface area contributed by atoms with Gasteiger partial charge in [0.1, 0.15) is 13.2 Å². The molecular weight excluding hydrogens is 232 g/mol. The molecule has 0 bridgehead atoms. The highest BCUT2D eigenvalue weighted by molar-refractivity contribution is 5.83. The highest BCUT2D eigenvalue weighted by Crippen LogP contribution is 1.87. The minimum atomic E-state index is -0.464. The molecule has 0 saturated carbocycles. The summed E-state index contributed by atoms with van der Waals surface area (Å²) >= 11 is 0. The van der Waals surface area contributed by atoms with E-state index in [-0.39, 0.29) is 13.2 Å². The molecule has 0 fully saturated rings. The number of ether oxygens (including phenoxy) is 2. The van der Waals surface area contributed by atoms with Crippen molar-refractivity contribution < 1.29 is 19.1 Å². The van der Waals surface area contributed by atoms with Crippen molar-refractivity contribution in [3.8, 4) is 0 Å². The van der Waals surface area contributed by atoms with Gasteiger partial charge in [-0.1, -0.05) is 36.5 Å². The SMILES string of the molecule is C/C=C/C=CC(=O)OCCOC(=O)/C=C/C=C/C. The van der Waals surface area contributed by atoms with E-state index in [1.165, 1.54) is 12.2 Å². The molecule has 4 heteroatoms. The highest BCUT2D eigenvalue weighted by atomic mass is 16.6. The van der Waals surface area contributed by atoms with E-state index in [9.17, 15) is 9.59 Å². The third-order valence-electron chi connectivity index (χ3n) is 1.64. The maximum atomic E-state index is 11.1. The molecule has 0 radical (unpaired) electrons. The van der Waals surface area contributed by atoms with Gasteiger partial charge in [0.05, 0.1) is 0 Å². The molecule has 4 nitrogen and oxygen atoms in total. The number of allylic oxidation sites excluding steroid dienone is 6. The standard InChI is InChI=1S/C14H18O4/c1-3-5-7-9-13(15)17-11-12-18-14(16)10-8-6-4-2/h3-10H,11-12H2,1-2H3/b5-3+,6-4+,9-7+,10-8?. The second-order valence-electron chi connectivity index (χ2n) is 3.10. The number of rotatable bonds is 7. The Bertz CT molecular complexity index is 326. The second kappa shape index (κ2) is 11.4. The zero-order valence-electron chi connectivity index (χ0n) is 10.7. The van der Waals surface area contributed by atoms with E-state index in [0.29, 0.717) is 0 Å². The molecule has 0 aromatic heterocycles. The van der Waals surface area contributed by atoms with Gasteiger partial charge in [-0.3, -0.25) is 0 Å². The number of carbonyl (C=O) groups excluding carboxylic acids is 2. The molecule has 0 aliphatic heterocycles. The molecule has 0 aliphatic carbocycles. The van der Waals surface area contributed by atoms with Crippen LogP contribution in [0.15, 0.2) is 48.6 Å². The third kappa shape index (κ3) is 10.4. The van der Waals surface area contributed by atoms with Crippen LogP contribution < -0.4 is 0 Å². The molecule has 0 heterocycles. The van der Waals surface area contributed by atoms with E-state index in [1.54, 1.807) is 36.5 Å². The summed E-state index contributed by atoms with van der Waals surface area (Å²) in [6.07, 6.45) is 12.8. The first-order valence-corrected chi connectivity index (χ1v) is 5.63. The van der Waals surface area contributed by atoms with Crippen molar-refractivity contribution >= 4 is 11.9 Å². The highest BCUT2D eigenvalue weighted by Gasteiger charge is 1.98. The molecule has 0 aromatic carbocycles. The Labute approximate surface area is 107 Å². The van der Waals surface area contributed by atoms with Gasteiger partial charge >= 0.3 is 11.9 Å². The van der Waals surface area contributed by atoms with Crippen LogP contribution in [0, 0.1) is 0 Å². The van der Waals surface area contributed by atoms with Crippen molar-refractivity contribution in [2.75, 3.05) is 13.2 Å². The fraction of sp³-hybridized carbons (Fsp3) is 0.286. The van der Waals surface area contributed by atoms with Crippen LogP contribution >= 0.6 is 0 Å². The van der Waals surface area contributed by atoms with Crippen molar-refractivity contribution in [2.24, 2.45) is 0 Å². The molecule has 0 spiro atoms. The first-order chi connectivity index (χ1) is 8.70. The Balaban J connectivity index is 3.67. The average Bonchev–Trinajstić information content (AvgIpc) is 2.35. The summed E-state index contributed by atoms with van der Waals surface area (Å²) in [5.41, 5.74) is 0. The van der Waals surface area contributed by atoms with Crippen LogP contribution in [0.4, 0.5) is 0 Å². The molecular formula is C14H18O4. The average molecular weight is 250 g/mol. The van der Waals surface area contributed by atoms with Crippen LogP contribution in [-0.4, -0.2) is 25.2 Å². The molecule has 18 heavy (non-hydrogen) atoms. The first-order valence-electron chi connectivity index (χ1n) is 5.63. The van der Waals surface area contributed by atoms with Crippen molar-refractivity contribution in [1.82, 2.24) is 0 Å². The van der Waals surface area contributed by atoms with Crippen molar-refractivity contribution in [3.63, 3.8) is 0 Å². The Kier molecular flexibility index (Phi) is 10.1. The Morgan fingerprint density at radius 3 is 1.50 bits per heavy atom. The lowest BCUT2D eigenvalue weighted by atomic mass is 10.4. The van der Waals surface area contributed by atoms with E-state index in [0.717, 1.165) is 0 Å². The topological polar surface area (TPSA) is 52.6 Å². The van der Waals surface area contributed by atoms with Crippen LogP contribution in [0.25, 0.3) is 0 Å². The van der Waals surface area contributed by atoms with Crippen molar-refractivity contribution in [3.05, 3.63) is 48.6 Å². The Hall–Kier alpha value is -2.10. The predicted octanol–water partition coefficient (Wildman–Crippen LogP) is 2.34. The van der Waals surface area contributed by atoms with Gasteiger partial charge in [-0.05, 0) is 13.8 Å². The van der Waals surface area contributed by atoms with E-state index >= 15 is 0 Å². The lowest BCUT2D eigenvalue weighted by molar-refractivity contribution is -0.146. The normalized spacial score (nSPS) is 11.9. The summed E-state index contributed by atoms with van der Waals surface area (Å²) in [6.45, 7) is 3.77. The molecule has 0 aliphatic rings. The van der Waals surface area contributed by atoms with Crippen LogP contribution in [-0.2, 0) is 19.1 Å². The van der Waals surface area contributed by atoms with Crippen LogP contribution in [0.1, 0.15) is 13.8 Å². The fourth-order valence-electron chi connectivity index (χ4n) is 0.871. The summed E-state index contributed by atoms with van der Waals surface area (Å²) in [5.74, 6) is -0.929. The molecule has 0 aromatic rings. The van der Waals surface area contributed by atoms with Crippen LogP contribution in [0.2, 0.25) is 0 Å². The molecule has 0 saturated heterocycles. The Morgan fingerprint density at radius 2 is 1.17 bits per heavy atom. The quantitative estimate of drug-likeness (QED) is 0.301. The molecule has 0 amide bonds. The minimum absolute atomic E-state index is 0.0439. The number of hydrogen-bond acceptors (Lipinski definition) is 4. The van der Waals surface area contributed by atoms with Gasteiger partial charge in [-0.15, -0.1) is 0 Å². The molecule has 98 valence electrons. The lowest BCUT2D eigenvalue weighted by Crippen LogP contribution is -2.11. The predicted molar refractivity (Wildman–Crippen MR) is 69.8 cm³/mol. The monoisotopic (exact) mass is 250 g/mol. The third-order valence-corrected chi connectivity index (χ3v) is 1.64. The van der Waals surface area contributed by atoms with Gasteiger partial charge < -0.3 is 9.47 Å². The summed E-state index contributed by atoms with van der Waals surface area (Å²) < 4.78 is 9.58. The van der Waals surface area contributed by atoms with Gasteiger partial charge in [0, 0.05) is 12.2 Å². The van der Waals surface area contributed by atoms with Crippen LogP contribution in [0.5, 0.6) is 0 Å². The van der Waals surface area contributed by atoms with Gasteiger partial charge in [0.2, 0.25) is 0 Å². The lowest BCUT2D eigenvalue weighted by Gasteiger charge is -2.02. The number of carbonyl (C=O) groups is 2. The summed E-state index contributed by atoms with van der Waals surface area (Å²) in [4.78, 5) is 22.1. The summed E-state index contributed by atoms with van der Waals surface area (Å²) in [5, 5.41) is 0. The number of hydrogen-bond donors (Lipinski definition) is 0. The van der Waals surface area contributed by atoms with E-state index in [2.05, 4.69) is 0 Å². The van der Waals surface area contributed by atoms with Gasteiger partial charge in [0.15, 0.2) is 0 Å². The molecule has 0 unspecified atom stereocenters. The zero-order chi connectivity index (χ0) is 13.6. The van der Waals surface area contributed by atoms with E-state index < -0.39 is 11.9 Å². The van der Waals surface area contributed by atoms with Gasteiger partial charge in [-0.25, -0.2) is 9.59 Å². The molecule has 0 atom stereocenters. The maximum absolute atomic E-state index is 11.1. The van der Waals surface area contributed by atoms with Crippen molar-refractivity contribution in [1.29, 1.82) is 0 Å². The Morgan fingerprint density at radius 1 is 0.778 bits per heavy atom. The fourth-order valence-corrected chi connectivity index (χ4v) is 0.871. The largest absolute Gasteiger partial charge is 0.459 e. The minimum Gasteiger partial charge on any atom is -0.459 e. The zero-order valence-corrected chi connectivity index (χ0v) is 10.7. The smallest absolute Gasteiger partial charge is 0.330 e. The van der Waals surface area contributed by atoms with E-state index in [4.69, 9.17) is 9.47 Å². The summed E-state index contributed by atoms with van der Waals surface area (Å²) in [6, 6.07) is 0. The van der Waals surface area contributed by atoms with Crippen LogP contribution in [0.3, 0.4) is 0 Å². The maximum Gasteiger partial charge on any atom is 0.330 e.